The van der Waals surface area contributed by atoms with E-state index in [4.69, 9.17) is 34.8 Å². The molecule has 0 spiro atoms. The van der Waals surface area contributed by atoms with Gasteiger partial charge in [0.1, 0.15) is 0 Å². The van der Waals surface area contributed by atoms with Crippen LogP contribution in [0.5, 0.6) is 0 Å². The number of quaternary nitrogens is 1. The third-order valence-corrected chi connectivity index (χ3v) is 5.98. The van der Waals surface area contributed by atoms with Gasteiger partial charge >= 0.3 is 0 Å². The number of piperidine rings is 1. The van der Waals surface area contributed by atoms with Gasteiger partial charge in [-0.2, -0.15) is 0 Å². The number of nitrogens with one attached hydrogen (secondary N) is 2. The lowest BCUT2D eigenvalue weighted by Gasteiger charge is -2.40. The summed E-state index contributed by atoms with van der Waals surface area (Å²) >= 11 is 18.2. The van der Waals surface area contributed by atoms with Crippen LogP contribution in [0.2, 0.25) is 15.1 Å². The molecule has 1 aliphatic carbocycles. The number of hydrogen-bond acceptors (Lipinski definition) is 1. The monoisotopic (exact) mass is 375 g/mol. The molecule has 6 heteroatoms. The van der Waals surface area contributed by atoms with Crippen molar-refractivity contribution in [2.45, 2.75) is 44.6 Å². The topological polar surface area (TPSA) is 33.5 Å². The molecular formula is C17H22Cl3N2O+. The van der Waals surface area contributed by atoms with Crippen molar-refractivity contribution in [3.8, 4) is 0 Å². The van der Waals surface area contributed by atoms with Crippen LogP contribution in [0.1, 0.15) is 38.5 Å². The molecule has 1 aromatic rings. The molecule has 3 atom stereocenters. The van der Waals surface area contributed by atoms with Crippen LogP contribution in [0.25, 0.3) is 0 Å². The number of carbonyl (C=O) groups is 1. The van der Waals surface area contributed by atoms with E-state index in [1.807, 2.05) is 0 Å². The quantitative estimate of drug-likeness (QED) is 0.826. The summed E-state index contributed by atoms with van der Waals surface area (Å²) in [5, 5.41) is 4.08. The molecule has 1 amide bonds. The third kappa shape index (κ3) is 4.14. The Morgan fingerprint density at radius 2 is 1.74 bits per heavy atom. The summed E-state index contributed by atoms with van der Waals surface area (Å²) in [5.41, 5.74) is 0.458. The fourth-order valence-electron chi connectivity index (χ4n) is 4.14. The molecule has 2 fully saturated rings. The SMILES string of the molecule is O=C(C[NH+]1CCC[C@H]2CCCC[C@@H]21)Nc1c(Cl)cc(Cl)cc1Cl. The van der Waals surface area contributed by atoms with Crippen LogP contribution in [0, 0.1) is 5.92 Å². The number of likely N-dealkylation sites (tertiary alicyclic amines) is 1. The van der Waals surface area contributed by atoms with Gasteiger partial charge in [-0.1, -0.05) is 41.2 Å². The van der Waals surface area contributed by atoms with Gasteiger partial charge in [0.15, 0.2) is 6.54 Å². The molecule has 0 aromatic heterocycles. The molecule has 1 unspecified atom stereocenters. The lowest BCUT2D eigenvalue weighted by Crippen LogP contribution is -3.18. The number of anilines is 1. The Labute approximate surface area is 152 Å². The van der Waals surface area contributed by atoms with Gasteiger partial charge < -0.3 is 10.2 Å². The highest BCUT2D eigenvalue weighted by Crippen LogP contribution is 2.33. The summed E-state index contributed by atoms with van der Waals surface area (Å²) in [4.78, 5) is 13.9. The Morgan fingerprint density at radius 3 is 2.48 bits per heavy atom. The maximum absolute atomic E-state index is 12.5. The summed E-state index contributed by atoms with van der Waals surface area (Å²) in [6.45, 7) is 1.56. The van der Waals surface area contributed by atoms with Crippen molar-refractivity contribution in [1.82, 2.24) is 0 Å². The van der Waals surface area contributed by atoms with E-state index in [0.717, 1.165) is 12.5 Å². The maximum Gasteiger partial charge on any atom is 0.279 e. The molecule has 0 bridgehead atoms. The van der Waals surface area contributed by atoms with E-state index in [1.54, 1.807) is 12.1 Å². The van der Waals surface area contributed by atoms with E-state index < -0.39 is 0 Å². The van der Waals surface area contributed by atoms with Gasteiger partial charge in [0.05, 0.1) is 28.3 Å². The van der Waals surface area contributed by atoms with Gasteiger partial charge in [-0.3, -0.25) is 4.79 Å². The zero-order valence-corrected chi connectivity index (χ0v) is 15.3. The highest BCUT2D eigenvalue weighted by Gasteiger charge is 2.37. The predicted molar refractivity (Wildman–Crippen MR) is 95.8 cm³/mol. The second-order valence-electron chi connectivity index (χ2n) is 6.67. The molecule has 2 aliphatic rings. The van der Waals surface area contributed by atoms with Crippen molar-refractivity contribution in [3.63, 3.8) is 0 Å². The van der Waals surface area contributed by atoms with Crippen LogP contribution < -0.4 is 10.2 Å². The zero-order chi connectivity index (χ0) is 16.4. The first kappa shape index (κ1) is 17.3. The summed E-state index contributed by atoms with van der Waals surface area (Å²) in [5.74, 6) is 0.764. The minimum Gasteiger partial charge on any atom is -0.324 e. The van der Waals surface area contributed by atoms with Crippen molar-refractivity contribution in [2.24, 2.45) is 5.92 Å². The van der Waals surface area contributed by atoms with Gasteiger partial charge in [0.25, 0.3) is 5.91 Å². The van der Waals surface area contributed by atoms with Gasteiger partial charge in [-0.05, 0) is 44.2 Å². The van der Waals surface area contributed by atoms with E-state index >= 15 is 0 Å². The number of hydrogen-bond donors (Lipinski definition) is 2. The number of halogens is 3. The average molecular weight is 377 g/mol. The molecule has 126 valence electrons. The number of fused-ring (bicyclic) bond motifs is 1. The number of amides is 1. The van der Waals surface area contributed by atoms with Gasteiger partial charge in [-0.25, -0.2) is 0 Å². The largest absolute Gasteiger partial charge is 0.324 e. The average Bonchev–Trinajstić information content (AvgIpc) is 2.51. The van der Waals surface area contributed by atoms with Crippen molar-refractivity contribution in [1.29, 1.82) is 0 Å². The fraction of sp³-hybridized carbons (Fsp3) is 0.588. The molecule has 3 rings (SSSR count). The van der Waals surface area contributed by atoms with Crippen LogP contribution in [0.15, 0.2) is 12.1 Å². The number of benzene rings is 1. The first-order valence-electron chi connectivity index (χ1n) is 8.33. The highest BCUT2D eigenvalue weighted by molar-refractivity contribution is 6.42. The third-order valence-electron chi connectivity index (χ3n) is 5.17. The van der Waals surface area contributed by atoms with E-state index in [9.17, 15) is 4.79 Å². The summed E-state index contributed by atoms with van der Waals surface area (Å²) < 4.78 is 0. The molecule has 1 saturated carbocycles. The summed E-state index contributed by atoms with van der Waals surface area (Å²) in [6.07, 6.45) is 7.75. The van der Waals surface area contributed by atoms with E-state index in [-0.39, 0.29) is 5.91 Å². The minimum absolute atomic E-state index is 0.0302. The normalized spacial score (nSPS) is 27.3. The smallest absolute Gasteiger partial charge is 0.279 e. The summed E-state index contributed by atoms with van der Waals surface area (Å²) in [6, 6.07) is 3.82. The minimum atomic E-state index is -0.0302. The Balaban J connectivity index is 1.65. The second kappa shape index (κ2) is 7.60. The first-order chi connectivity index (χ1) is 11.0. The van der Waals surface area contributed by atoms with Crippen LogP contribution >= 0.6 is 34.8 Å². The van der Waals surface area contributed by atoms with Crippen molar-refractivity contribution < 1.29 is 9.69 Å². The molecule has 0 radical (unpaired) electrons. The van der Waals surface area contributed by atoms with Crippen LogP contribution in [0.3, 0.4) is 0 Å². The molecule has 23 heavy (non-hydrogen) atoms. The molecule has 1 aromatic carbocycles. The van der Waals surface area contributed by atoms with Crippen LogP contribution in [-0.2, 0) is 4.79 Å². The molecule has 1 saturated heterocycles. The zero-order valence-electron chi connectivity index (χ0n) is 13.0. The molecular weight excluding hydrogens is 355 g/mol. The lowest BCUT2D eigenvalue weighted by atomic mass is 9.78. The van der Waals surface area contributed by atoms with Crippen molar-refractivity contribution in [2.75, 3.05) is 18.4 Å². The van der Waals surface area contributed by atoms with E-state index in [0.29, 0.717) is 33.3 Å². The Hall–Kier alpha value is -0.480. The molecule has 1 heterocycles. The van der Waals surface area contributed by atoms with Crippen molar-refractivity contribution in [3.05, 3.63) is 27.2 Å². The Morgan fingerprint density at radius 1 is 1.09 bits per heavy atom. The van der Waals surface area contributed by atoms with Gasteiger partial charge in [0, 0.05) is 10.9 Å². The van der Waals surface area contributed by atoms with E-state index in [2.05, 4.69) is 5.32 Å². The van der Waals surface area contributed by atoms with Crippen LogP contribution in [-0.4, -0.2) is 25.0 Å². The van der Waals surface area contributed by atoms with Gasteiger partial charge in [0.2, 0.25) is 0 Å². The summed E-state index contributed by atoms with van der Waals surface area (Å²) in [7, 11) is 0. The van der Waals surface area contributed by atoms with Gasteiger partial charge in [-0.15, -0.1) is 0 Å². The second-order valence-corrected chi connectivity index (χ2v) is 7.92. The lowest BCUT2D eigenvalue weighted by molar-refractivity contribution is -0.928. The molecule has 3 nitrogen and oxygen atoms in total. The molecule has 1 aliphatic heterocycles. The predicted octanol–water partition coefficient (Wildman–Crippen LogP) is 3.82. The number of rotatable bonds is 3. The fourth-order valence-corrected chi connectivity index (χ4v) is 5.05. The Kier molecular flexibility index (Phi) is 5.74. The Bertz CT molecular complexity index is 568. The highest BCUT2D eigenvalue weighted by atomic mass is 35.5. The van der Waals surface area contributed by atoms with E-state index in [1.165, 1.54) is 43.4 Å². The van der Waals surface area contributed by atoms with Crippen molar-refractivity contribution >= 4 is 46.4 Å². The first-order valence-corrected chi connectivity index (χ1v) is 9.47. The van der Waals surface area contributed by atoms with Crippen LogP contribution in [0.4, 0.5) is 5.69 Å². The standard InChI is InChI=1S/C17H21Cl3N2O/c18-12-8-13(19)17(14(20)9-12)21-16(23)10-22-7-3-5-11-4-1-2-6-15(11)22/h8-9,11,15H,1-7,10H2,(H,21,23)/p+1/t11-,15+/m1/s1. The molecule has 2 N–H and O–H groups in total. The number of carbonyl (C=O) groups excluding carboxylic acids is 1. The maximum atomic E-state index is 12.5.